The summed E-state index contributed by atoms with van der Waals surface area (Å²) in [5.41, 5.74) is -0.522. The topological polar surface area (TPSA) is 73.3 Å². The minimum absolute atomic E-state index is 0.0290. The van der Waals surface area contributed by atoms with Crippen molar-refractivity contribution in [3.63, 3.8) is 0 Å². The van der Waals surface area contributed by atoms with Gasteiger partial charge in [-0.1, -0.05) is 0 Å². The van der Waals surface area contributed by atoms with E-state index in [1.807, 2.05) is 11.8 Å². The van der Waals surface area contributed by atoms with Gasteiger partial charge in [-0.25, -0.2) is 9.59 Å². The fourth-order valence-electron chi connectivity index (χ4n) is 2.65. The van der Waals surface area contributed by atoms with E-state index in [4.69, 9.17) is 9.84 Å². The number of amides is 2. The summed E-state index contributed by atoms with van der Waals surface area (Å²) in [6, 6.07) is 0.393. The first-order valence-corrected chi connectivity index (χ1v) is 6.90. The van der Waals surface area contributed by atoms with Gasteiger partial charge in [0.2, 0.25) is 0 Å². The summed E-state index contributed by atoms with van der Waals surface area (Å²) in [4.78, 5) is 28.6. The van der Waals surface area contributed by atoms with E-state index in [2.05, 4.69) is 18.9 Å². The first kappa shape index (κ1) is 15.1. The number of rotatable bonds is 3. The van der Waals surface area contributed by atoms with Crippen LogP contribution < -0.4 is 0 Å². The number of hydrogen-bond acceptors (Lipinski definition) is 4. The summed E-state index contributed by atoms with van der Waals surface area (Å²) in [7, 11) is 2.06. The highest BCUT2D eigenvalue weighted by atomic mass is 16.5. The van der Waals surface area contributed by atoms with Gasteiger partial charge < -0.3 is 24.5 Å². The van der Waals surface area contributed by atoms with Gasteiger partial charge in [-0.15, -0.1) is 0 Å². The number of likely N-dealkylation sites (tertiary alicyclic amines) is 1. The van der Waals surface area contributed by atoms with Gasteiger partial charge in [0, 0.05) is 25.7 Å². The van der Waals surface area contributed by atoms with Crippen LogP contribution in [0.5, 0.6) is 0 Å². The van der Waals surface area contributed by atoms with Gasteiger partial charge in [0.15, 0.2) is 0 Å². The van der Waals surface area contributed by atoms with Crippen molar-refractivity contribution in [3.8, 4) is 0 Å². The lowest BCUT2D eigenvalue weighted by Gasteiger charge is -2.49. The van der Waals surface area contributed by atoms with Crippen LogP contribution in [0.15, 0.2) is 0 Å². The second kappa shape index (κ2) is 5.57. The van der Waals surface area contributed by atoms with Crippen molar-refractivity contribution in [1.29, 1.82) is 0 Å². The number of urea groups is 1. The SMILES string of the molecule is CC1CN(C(=O)N2CC(C)(OCC(=O)O)C2)CCN1C. The Balaban J connectivity index is 1.80. The third-order valence-corrected chi connectivity index (χ3v) is 4.10. The Kier molecular flexibility index (Phi) is 4.19. The normalized spacial score (nSPS) is 26.2. The molecule has 7 nitrogen and oxygen atoms in total. The minimum Gasteiger partial charge on any atom is -0.480 e. The second-order valence-corrected chi connectivity index (χ2v) is 6.05. The standard InChI is InChI=1S/C13H23N3O4/c1-10-6-15(5-4-14(10)3)12(19)16-8-13(2,9-16)20-7-11(17)18/h10H,4-9H2,1-3H3,(H,17,18). The number of carbonyl (C=O) groups excluding carboxylic acids is 1. The lowest BCUT2D eigenvalue weighted by Crippen LogP contribution is -2.67. The molecule has 0 radical (unpaired) electrons. The van der Waals surface area contributed by atoms with E-state index in [1.165, 1.54) is 0 Å². The summed E-state index contributed by atoms with van der Waals surface area (Å²) in [5, 5.41) is 8.61. The fraction of sp³-hybridized carbons (Fsp3) is 0.846. The third kappa shape index (κ3) is 3.21. The molecule has 0 aromatic rings. The summed E-state index contributed by atoms with van der Waals surface area (Å²) >= 11 is 0. The molecule has 1 atom stereocenters. The van der Waals surface area contributed by atoms with Gasteiger partial charge in [0.05, 0.1) is 13.1 Å². The van der Waals surface area contributed by atoms with Crippen LogP contribution in [0, 0.1) is 0 Å². The molecule has 2 rings (SSSR count). The molecule has 2 heterocycles. The Hall–Kier alpha value is -1.34. The number of likely N-dealkylation sites (N-methyl/N-ethyl adjacent to an activating group) is 1. The van der Waals surface area contributed by atoms with Gasteiger partial charge in [-0.2, -0.15) is 0 Å². The predicted octanol–water partition coefficient (Wildman–Crippen LogP) is -0.0822. The molecular weight excluding hydrogens is 262 g/mol. The molecule has 0 saturated carbocycles. The zero-order valence-corrected chi connectivity index (χ0v) is 12.3. The van der Waals surface area contributed by atoms with Crippen LogP contribution in [-0.4, -0.2) is 89.8 Å². The van der Waals surface area contributed by atoms with Gasteiger partial charge in [0.1, 0.15) is 12.2 Å². The average molecular weight is 285 g/mol. The highest BCUT2D eigenvalue weighted by Crippen LogP contribution is 2.26. The Morgan fingerprint density at radius 1 is 1.30 bits per heavy atom. The van der Waals surface area contributed by atoms with Gasteiger partial charge in [-0.3, -0.25) is 0 Å². The molecule has 0 spiro atoms. The van der Waals surface area contributed by atoms with Crippen LogP contribution in [0.2, 0.25) is 0 Å². The Labute approximate surface area is 119 Å². The molecule has 1 unspecified atom stereocenters. The number of carboxylic acid groups (broad SMARTS) is 1. The number of hydrogen-bond donors (Lipinski definition) is 1. The molecule has 0 aliphatic carbocycles. The van der Waals surface area contributed by atoms with Crippen LogP contribution >= 0.6 is 0 Å². The molecule has 1 N–H and O–H groups in total. The monoisotopic (exact) mass is 285 g/mol. The highest BCUT2D eigenvalue weighted by molar-refractivity contribution is 5.76. The predicted molar refractivity (Wildman–Crippen MR) is 72.6 cm³/mol. The quantitative estimate of drug-likeness (QED) is 0.785. The van der Waals surface area contributed by atoms with Crippen molar-refractivity contribution < 1.29 is 19.4 Å². The Morgan fingerprint density at radius 2 is 1.95 bits per heavy atom. The summed E-state index contributed by atoms with van der Waals surface area (Å²) in [6.07, 6.45) is 0. The van der Waals surface area contributed by atoms with Crippen molar-refractivity contribution in [1.82, 2.24) is 14.7 Å². The molecule has 2 saturated heterocycles. The number of nitrogens with zero attached hydrogens (tertiary/aromatic N) is 3. The van der Waals surface area contributed by atoms with E-state index in [1.54, 1.807) is 4.90 Å². The summed E-state index contributed by atoms with van der Waals surface area (Å²) in [6.45, 7) is 6.90. The number of carbonyl (C=O) groups is 2. The van der Waals surface area contributed by atoms with Gasteiger partial charge in [-0.05, 0) is 20.9 Å². The molecular formula is C13H23N3O4. The maximum atomic E-state index is 12.3. The molecule has 2 fully saturated rings. The molecule has 114 valence electrons. The molecule has 0 aromatic heterocycles. The minimum atomic E-state index is -0.983. The molecule has 7 heteroatoms. The lowest BCUT2D eigenvalue weighted by atomic mass is 9.97. The first-order valence-electron chi connectivity index (χ1n) is 6.90. The number of aliphatic carboxylic acids is 1. The van der Waals surface area contributed by atoms with E-state index in [0.29, 0.717) is 19.1 Å². The Bertz CT molecular complexity index is 395. The highest BCUT2D eigenvalue weighted by Gasteiger charge is 2.44. The maximum absolute atomic E-state index is 12.3. The van der Waals surface area contributed by atoms with Crippen LogP contribution in [0.4, 0.5) is 4.79 Å². The fourth-order valence-corrected chi connectivity index (χ4v) is 2.65. The molecule has 2 amide bonds. The van der Waals surface area contributed by atoms with Gasteiger partial charge >= 0.3 is 12.0 Å². The van der Waals surface area contributed by atoms with E-state index < -0.39 is 11.6 Å². The van der Waals surface area contributed by atoms with Crippen molar-refractivity contribution in [3.05, 3.63) is 0 Å². The lowest BCUT2D eigenvalue weighted by molar-refractivity contribution is -0.160. The number of ether oxygens (including phenoxy) is 1. The van der Waals surface area contributed by atoms with E-state index in [0.717, 1.165) is 19.6 Å². The average Bonchev–Trinajstić information content (AvgIpc) is 2.35. The van der Waals surface area contributed by atoms with Crippen molar-refractivity contribution >= 4 is 12.0 Å². The number of carboxylic acids is 1. The largest absolute Gasteiger partial charge is 0.480 e. The van der Waals surface area contributed by atoms with Crippen LogP contribution in [-0.2, 0) is 9.53 Å². The van der Waals surface area contributed by atoms with E-state index >= 15 is 0 Å². The molecule has 0 bridgehead atoms. The molecule has 2 aliphatic rings. The van der Waals surface area contributed by atoms with Crippen LogP contribution in [0.25, 0.3) is 0 Å². The zero-order chi connectivity index (χ0) is 14.9. The summed E-state index contributed by atoms with van der Waals surface area (Å²) in [5.74, 6) is -0.983. The Morgan fingerprint density at radius 3 is 2.50 bits per heavy atom. The maximum Gasteiger partial charge on any atom is 0.329 e. The zero-order valence-electron chi connectivity index (χ0n) is 12.3. The van der Waals surface area contributed by atoms with E-state index in [9.17, 15) is 9.59 Å². The van der Waals surface area contributed by atoms with Gasteiger partial charge in [0.25, 0.3) is 0 Å². The second-order valence-electron chi connectivity index (χ2n) is 6.05. The third-order valence-electron chi connectivity index (χ3n) is 4.10. The smallest absolute Gasteiger partial charge is 0.329 e. The van der Waals surface area contributed by atoms with E-state index in [-0.39, 0.29) is 12.6 Å². The van der Waals surface area contributed by atoms with Crippen molar-refractivity contribution in [2.24, 2.45) is 0 Å². The van der Waals surface area contributed by atoms with Crippen LogP contribution in [0.1, 0.15) is 13.8 Å². The first-order chi connectivity index (χ1) is 9.31. The van der Waals surface area contributed by atoms with Crippen molar-refractivity contribution in [2.75, 3.05) is 46.4 Å². The van der Waals surface area contributed by atoms with Crippen molar-refractivity contribution in [2.45, 2.75) is 25.5 Å². The molecule has 20 heavy (non-hydrogen) atoms. The summed E-state index contributed by atoms with van der Waals surface area (Å²) < 4.78 is 5.31. The number of piperazine rings is 1. The molecule has 0 aromatic carbocycles. The van der Waals surface area contributed by atoms with Crippen LogP contribution in [0.3, 0.4) is 0 Å². The molecule has 2 aliphatic heterocycles.